The van der Waals surface area contributed by atoms with Crippen molar-refractivity contribution in [1.29, 1.82) is 0 Å². The van der Waals surface area contributed by atoms with E-state index in [4.69, 9.17) is 9.72 Å². The van der Waals surface area contributed by atoms with Gasteiger partial charge in [-0.3, -0.25) is 4.79 Å². The molecule has 2 aliphatic rings. The number of fused-ring (bicyclic) bond motifs is 1. The van der Waals surface area contributed by atoms with Crippen LogP contribution in [-0.2, 0) is 4.74 Å². The Morgan fingerprint density at radius 2 is 2.04 bits per heavy atom. The summed E-state index contributed by atoms with van der Waals surface area (Å²) in [6, 6.07) is 0. The van der Waals surface area contributed by atoms with Crippen molar-refractivity contribution in [2.24, 2.45) is 0 Å². The van der Waals surface area contributed by atoms with Crippen molar-refractivity contribution in [3.05, 3.63) is 16.3 Å². The molecule has 0 aromatic carbocycles. The third-order valence-corrected chi connectivity index (χ3v) is 6.59. The number of thiophene rings is 1. The quantitative estimate of drug-likeness (QED) is 0.862. The van der Waals surface area contributed by atoms with Crippen LogP contribution in [0.25, 0.3) is 10.2 Å². The Bertz CT molecular complexity index is 838. The van der Waals surface area contributed by atoms with Gasteiger partial charge in [-0.25, -0.2) is 9.97 Å². The van der Waals surface area contributed by atoms with Gasteiger partial charge in [0.25, 0.3) is 5.91 Å². The molecule has 4 rings (SSSR count). The number of ether oxygens (including phenoxy) is 1. The van der Waals surface area contributed by atoms with Gasteiger partial charge in [0.15, 0.2) is 0 Å². The second kappa shape index (κ2) is 7.69. The fraction of sp³-hybridized carbons (Fsp3) is 0.632. The normalized spacial score (nSPS) is 21.1. The zero-order chi connectivity index (χ0) is 19.0. The molecule has 2 fully saturated rings. The molecule has 146 valence electrons. The molecule has 1 N–H and O–H groups in total. The zero-order valence-corrected chi connectivity index (χ0v) is 17.1. The summed E-state index contributed by atoms with van der Waals surface area (Å²) in [7, 11) is 2.14. The van der Waals surface area contributed by atoms with Crippen LogP contribution in [0.5, 0.6) is 0 Å². The first-order valence-corrected chi connectivity index (χ1v) is 10.5. The first-order chi connectivity index (χ1) is 13.0. The molecule has 2 aliphatic heterocycles. The van der Waals surface area contributed by atoms with Gasteiger partial charge in [-0.15, -0.1) is 11.3 Å². The molecule has 0 aliphatic carbocycles. The zero-order valence-electron chi connectivity index (χ0n) is 16.2. The number of nitrogens with zero attached hydrogens (tertiary/aromatic N) is 4. The number of amides is 1. The summed E-state index contributed by atoms with van der Waals surface area (Å²) in [4.78, 5) is 28.4. The van der Waals surface area contributed by atoms with Gasteiger partial charge in [-0.05, 0) is 39.3 Å². The summed E-state index contributed by atoms with van der Waals surface area (Å²) >= 11 is 1.47. The molecule has 4 heterocycles. The lowest BCUT2D eigenvalue weighted by Gasteiger charge is -2.33. The molecular formula is C19H27N5O2S. The van der Waals surface area contributed by atoms with E-state index in [0.29, 0.717) is 6.54 Å². The van der Waals surface area contributed by atoms with Crippen LogP contribution in [0.3, 0.4) is 0 Å². The molecule has 8 heteroatoms. The van der Waals surface area contributed by atoms with Crippen molar-refractivity contribution in [2.75, 3.05) is 51.3 Å². The van der Waals surface area contributed by atoms with E-state index in [1.165, 1.54) is 11.3 Å². The molecule has 1 amide bonds. The number of likely N-dealkylation sites (N-methyl/N-ethyl adjacent to an activating group) is 1. The Labute approximate surface area is 163 Å². The summed E-state index contributed by atoms with van der Waals surface area (Å²) in [5, 5.41) is 4.07. The summed E-state index contributed by atoms with van der Waals surface area (Å²) in [6.07, 6.45) is 2.24. The highest BCUT2D eigenvalue weighted by Crippen LogP contribution is 2.35. The molecule has 2 aromatic rings. The minimum atomic E-state index is -0.0343. The Kier molecular flexibility index (Phi) is 5.29. The molecular weight excluding hydrogens is 362 g/mol. The fourth-order valence-electron chi connectivity index (χ4n) is 3.78. The number of anilines is 1. The number of hydrogen-bond donors (Lipinski definition) is 1. The van der Waals surface area contributed by atoms with Crippen molar-refractivity contribution in [3.8, 4) is 0 Å². The lowest BCUT2D eigenvalue weighted by molar-refractivity contribution is 0.0860. The topological polar surface area (TPSA) is 70.6 Å². The van der Waals surface area contributed by atoms with Gasteiger partial charge in [-0.1, -0.05) is 0 Å². The van der Waals surface area contributed by atoms with Crippen molar-refractivity contribution in [3.63, 3.8) is 0 Å². The second-order valence-corrected chi connectivity index (χ2v) is 8.47. The van der Waals surface area contributed by atoms with Crippen LogP contribution in [0.1, 0.15) is 33.9 Å². The van der Waals surface area contributed by atoms with Crippen molar-refractivity contribution < 1.29 is 9.53 Å². The number of aromatic nitrogens is 2. The average Bonchev–Trinajstić information content (AvgIpc) is 3.28. The van der Waals surface area contributed by atoms with Gasteiger partial charge in [0.05, 0.1) is 16.4 Å². The van der Waals surface area contributed by atoms with Crippen LogP contribution in [0, 0.1) is 13.8 Å². The van der Waals surface area contributed by atoms with Gasteiger partial charge in [0.1, 0.15) is 16.5 Å². The molecule has 1 atom stereocenters. The van der Waals surface area contributed by atoms with Crippen LogP contribution in [0.15, 0.2) is 0 Å². The predicted molar refractivity (Wildman–Crippen MR) is 108 cm³/mol. The lowest BCUT2D eigenvalue weighted by Crippen LogP contribution is -2.45. The Morgan fingerprint density at radius 3 is 2.74 bits per heavy atom. The number of carbonyl (C=O) groups is 1. The number of hydrogen-bond acceptors (Lipinski definition) is 7. The number of nitrogens with one attached hydrogen (secondary N) is 1. The molecule has 0 spiro atoms. The van der Waals surface area contributed by atoms with Crippen LogP contribution in [0.4, 0.5) is 5.82 Å². The molecule has 0 radical (unpaired) electrons. The fourth-order valence-corrected chi connectivity index (χ4v) is 4.91. The second-order valence-electron chi connectivity index (χ2n) is 7.47. The summed E-state index contributed by atoms with van der Waals surface area (Å²) < 4.78 is 5.61. The van der Waals surface area contributed by atoms with Gasteiger partial charge in [-0.2, -0.15) is 0 Å². The molecule has 2 saturated heterocycles. The molecule has 2 aromatic heterocycles. The maximum absolute atomic E-state index is 12.8. The highest BCUT2D eigenvalue weighted by atomic mass is 32.1. The van der Waals surface area contributed by atoms with Gasteiger partial charge in [0, 0.05) is 39.3 Å². The van der Waals surface area contributed by atoms with E-state index in [2.05, 4.69) is 27.1 Å². The highest BCUT2D eigenvalue weighted by Gasteiger charge is 2.25. The summed E-state index contributed by atoms with van der Waals surface area (Å²) in [6.45, 7) is 9.22. The minimum absolute atomic E-state index is 0.0343. The Balaban J connectivity index is 1.62. The molecule has 7 nitrogen and oxygen atoms in total. The molecule has 1 unspecified atom stereocenters. The summed E-state index contributed by atoms with van der Waals surface area (Å²) in [5.41, 5.74) is 0.980. The summed E-state index contributed by atoms with van der Waals surface area (Å²) in [5.74, 6) is 1.69. The van der Waals surface area contributed by atoms with Crippen molar-refractivity contribution in [1.82, 2.24) is 20.2 Å². The maximum atomic E-state index is 12.8. The monoisotopic (exact) mass is 389 g/mol. The van der Waals surface area contributed by atoms with Gasteiger partial charge >= 0.3 is 0 Å². The van der Waals surface area contributed by atoms with E-state index in [1.54, 1.807) is 0 Å². The van der Waals surface area contributed by atoms with Crippen LogP contribution < -0.4 is 10.2 Å². The van der Waals surface area contributed by atoms with E-state index in [0.717, 1.165) is 77.9 Å². The highest BCUT2D eigenvalue weighted by molar-refractivity contribution is 7.20. The van der Waals surface area contributed by atoms with Crippen molar-refractivity contribution >= 4 is 33.3 Å². The van der Waals surface area contributed by atoms with E-state index in [1.807, 2.05) is 13.8 Å². The lowest BCUT2D eigenvalue weighted by atomic mass is 10.1. The first-order valence-electron chi connectivity index (χ1n) is 9.64. The third-order valence-electron chi connectivity index (χ3n) is 5.41. The number of carbonyl (C=O) groups excluding carboxylic acids is 1. The van der Waals surface area contributed by atoms with Crippen LogP contribution in [-0.4, -0.2) is 73.3 Å². The SMILES string of the molecule is Cc1nc(N2CCN(C)CC2)c2c(C)c(C(=O)NCC3CCCO3)sc2n1. The smallest absolute Gasteiger partial charge is 0.261 e. The number of rotatable bonds is 4. The molecule has 0 saturated carbocycles. The maximum Gasteiger partial charge on any atom is 0.261 e. The largest absolute Gasteiger partial charge is 0.376 e. The van der Waals surface area contributed by atoms with E-state index >= 15 is 0 Å². The van der Waals surface area contributed by atoms with E-state index in [-0.39, 0.29) is 12.0 Å². The Morgan fingerprint density at radius 1 is 1.26 bits per heavy atom. The number of aryl methyl sites for hydroxylation is 2. The van der Waals surface area contributed by atoms with Gasteiger partial charge in [0.2, 0.25) is 0 Å². The van der Waals surface area contributed by atoms with Crippen molar-refractivity contribution in [2.45, 2.75) is 32.8 Å². The predicted octanol–water partition coefficient (Wildman–Crippen LogP) is 1.97. The van der Waals surface area contributed by atoms with Crippen LogP contribution in [0.2, 0.25) is 0 Å². The van der Waals surface area contributed by atoms with E-state index in [9.17, 15) is 4.79 Å². The standard InChI is InChI=1S/C19H27N5O2S/c1-12-15-17(24-8-6-23(3)7-9-24)21-13(2)22-19(15)27-16(12)18(25)20-11-14-5-4-10-26-14/h14H,4-11H2,1-3H3,(H,20,25). The molecule has 27 heavy (non-hydrogen) atoms. The van der Waals surface area contributed by atoms with Crippen LogP contribution >= 0.6 is 11.3 Å². The average molecular weight is 390 g/mol. The van der Waals surface area contributed by atoms with E-state index < -0.39 is 0 Å². The third kappa shape index (κ3) is 3.79. The van der Waals surface area contributed by atoms with Gasteiger partial charge < -0.3 is 19.9 Å². The Hall–Kier alpha value is -1.77. The minimum Gasteiger partial charge on any atom is -0.376 e. The molecule has 0 bridgehead atoms. The first kappa shape index (κ1) is 18.6. The number of piperazine rings is 1.